The van der Waals surface area contributed by atoms with Gasteiger partial charge in [-0.15, -0.1) is 6.58 Å². The van der Waals surface area contributed by atoms with Crippen LogP contribution in [0.5, 0.6) is 0 Å². The number of hydrogen-bond donors (Lipinski definition) is 0. The van der Waals surface area contributed by atoms with Crippen LogP contribution in [0.2, 0.25) is 5.02 Å². The van der Waals surface area contributed by atoms with Gasteiger partial charge in [0.25, 0.3) is 5.91 Å². The Bertz CT molecular complexity index is 792. The predicted molar refractivity (Wildman–Crippen MR) is 102 cm³/mol. The maximum absolute atomic E-state index is 12.3. The number of benzene rings is 1. The van der Waals surface area contributed by atoms with E-state index in [2.05, 4.69) is 12.7 Å². The first-order chi connectivity index (χ1) is 11.1. The first-order valence-corrected chi connectivity index (χ1v) is 8.70. The summed E-state index contributed by atoms with van der Waals surface area (Å²) in [7, 11) is 0. The Balaban J connectivity index is 1.73. The van der Waals surface area contributed by atoms with E-state index in [9.17, 15) is 4.79 Å². The quantitative estimate of drug-likeness (QED) is 0.429. The Kier molecular flexibility index (Phi) is 4.85. The van der Waals surface area contributed by atoms with Crippen LogP contribution in [0.1, 0.15) is 12.0 Å². The molecule has 0 aromatic heterocycles. The molecule has 2 aliphatic rings. The van der Waals surface area contributed by atoms with Crippen molar-refractivity contribution in [2.24, 2.45) is 0 Å². The number of carbonyl (C=O) groups excluding carboxylic acids is 1. The molecule has 0 saturated carbocycles. The summed E-state index contributed by atoms with van der Waals surface area (Å²) in [6.07, 6.45) is 8.50. The molecule has 5 heteroatoms. The Morgan fingerprint density at radius 3 is 2.96 bits per heavy atom. The zero-order valence-electron chi connectivity index (χ0n) is 12.3. The highest BCUT2D eigenvalue weighted by Gasteiger charge is 2.31. The zero-order valence-corrected chi connectivity index (χ0v) is 14.7. The topological polar surface area (TPSA) is 20.3 Å². The van der Waals surface area contributed by atoms with Crippen molar-refractivity contribution in [2.75, 3.05) is 6.54 Å². The molecule has 1 amide bonds. The molecule has 2 nitrogen and oxygen atoms in total. The van der Waals surface area contributed by atoms with E-state index in [1.165, 1.54) is 17.3 Å². The van der Waals surface area contributed by atoms with Crippen LogP contribution in [0.4, 0.5) is 0 Å². The van der Waals surface area contributed by atoms with E-state index in [-0.39, 0.29) is 5.91 Å². The van der Waals surface area contributed by atoms with Crippen molar-refractivity contribution in [1.82, 2.24) is 4.90 Å². The average Bonchev–Trinajstić information content (AvgIpc) is 3.09. The van der Waals surface area contributed by atoms with Gasteiger partial charge in [0.1, 0.15) is 4.32 Å². The number of thioether (sulfide) groups is 1. The second kappa shape index (κ2) is 6.87. The fraction of sp³-hybridized carbons (Fsp3) is 0.111. The Labute approximate surface area is 150 Å². The predicted octanol–water partition coefficient (Wildman–Crippen LogP) is 4.98. The number of nitrogens with zero attached hydrogens (tertiary/aromatic N) is 1. The molecule has 1 aliphatic heterocycles. The fourth-order valence-corrected chi connectivity index (χ4v) is 3.97. The fourth-order valence-electron chi connectivity index (χ4n) is 2.49. The third-order valence-electron chi connectivity index (χ3n) is 3.59. The third kappa shape index (κ3) is 3.50. The van der Waals surface area contributed by atoms with Crippen molar-refractivity contribution in [3.8, 4) is 0 Å². The number of amides is 1. The van der Waals surface area contributed by atoms with E-state index in [0.717, 1.165) is 22.6 Å². The van der Waals surface area contributed by atoms with Crippen molar-refractivity contribution < 1.29 is 4.79 Å². The van der Waals surface area contributed by atoms with Gasteiger partial charge in [0.2, 0.25) is 0 Å². The van der Waals surface area contributed by atoms with Gasteiger partial charge in [-0.05, 0) is 41.3 Å². The smallest absolute Gasteiger partial charge is 0.266 e. The molecular weight excluding hydrogens is 346 g/mol. The van der Waals surface area contributed by atoms with Crippen molar-refractivity contribution in [3.63, 3.8) is 0 Å². The minimum absolute atomic E-state index is 0.0444. The summed E-state index contributed by atoms with van der Waals surface area (Å²) in [5.41, 5.74) is 3.40. The van der Waals surface area contributed by atoms with Crippen molar-refractivity contribution in [1.29, 1.82) is 0 Å². The summed E-state index contributed by atoms with van der Waals surface area (Å²) in [4.78, 5) is 14.6. The van der Waals surface area contributed by atoms with Crippen molar-refractivity contribution in [2.45, 2.75) is 6.42 Å². The van der Waals surface area contributed by atoms with Crippen LogP contribution in [0.25, 0.3) is 5.57 Å². The van der Waals surface area contributed by atoms with Crippen LogP contribution in [0.3, 0.4) is 0 Å². The number of allylic oxidation sites excluding steroid dienone is 5. The van der Waals surface area contributed by atoms with Crippen LogP contribution in [0, 0.1) is 0 Å². The molecule has 0 atom stereocenters. The molecule has 0 bridgehead atoms. The second-order valence-corrected chi connectivity index (χ2v) is 7.31. The molecule has 1 aromatic rings. The molecule has 0 unspecified atom stereocenters. The van der Waals surface area contributed by atoms with Gasteiger partial charge in [0, 0.05) is 11.6 Å². The van der Waals surface area contributed by atoms with E-state index in [4.69, 9.17) is 23.8 Å². The largest absolute Gasteiger partial charge is 0.289 e. The van der Waals surface area contributed by atoms with Gasteiger partial charge >= 0.3 is 0 Å². The molecule has 1 aliphatic carbocycles. The third-order valence-corrected chi connectivity index (χ3v) is 5.20. The summed E-state index contributed by atoms with van der Waals surface area (Å²) in [5, 5.41) is 0.724. The molecule has 1 fully saturated rings. The monoisotopic (exact) mass is 359 g/mol. The average molecular weight is 360 g/mol. The van der Waals surface area contributed by atoms with E-state index >= 15 is 0 Å². The lowest BCUT2D eigenvalue weighted by atomic mass is 10.0. The number of halogens is 1. The molecule has 3 rings (SSSR count). The van der Waals surface area contributed by atoms with Crippen molar-refractivity contribution >= 4 is 51.4 Å². The van der Waals surface area contributed by atoms with E-state index in [1.54, 1.807) is 11.0 Å². The summed E-state index contributed by atoms with van der Waals surface area (Å²) in [6, 6.07) is 7.79. The highest BCUT2D eigenvalue weighted by Crippen LogP contribution is 2.35. The van der Waals surface area contributed by atoms with Crippen molar-refractivity contribution in [3.05, 3.63) is 76.2 Å². The number of thiocarbonyl (C=S) groups is 1. The molecular formula is C18H14ClNOS2. The summed E-state index contributed by atoms with van der Waals surface area (Å²) >= 11 is 12.6. The standard InChI is InChI=1S/C18H14ClNOS2/c1-2-8-20-17(21)16(23-18(20)22)10-12-6-7-14(9-12)13-4-3-5-15(19)11-13/h2-7,10-11H,1,8-9H2. The highest BCUT2D eigenvalue weighted by atomic mass is 35.5. The minimum Gasteiger partial charge on any atom is -0.289 e. The van der Waals surface area contributed by atoms with Crippen LogP contribution in [0.15, 0.2) is 65.6 Å². The van der Waals surface area contributed by atoms with E-state index in [0.29, 0.717) is 15.8 Å². The Hall–Kier alpha value is -1.62. The summed E-state index contributed by atoms with van der Waals surface area (Å²) in [6.45, 7) is 4.11. The Morgan fingerprint density at radius 2 is 2.22 bits per heavy atom. The molecule has 0 radical (unpaired) electrons. The Morgan fingerprint density at radius 1 is 1.39 bits per heavy atom. The van der Waals surface area contributed by atoms with Gasteiger partial charge in [-0.2, -0.15) is 0 Å². The van der Waals surface area contributed by atoms with Gasteiger partial charge in [-0.3, -0.25) is 9.69 Å². The molecule has 1 heterocycles. The highest BCUT2D eigenvalue weighted by molar-refractivity contribution is 8.26. The number of carbonyl (C=O) groups is 1. The molecule has 1 saturated heterocycles. The molecule has 1 aromatic carbocycles. The van der Waals surface area contributed by atoms with Crippen LogP contribution < -0.4 is 0 Å². The maximum Gasteiger partial charge on any atom is 0.266 e. The van der Waals surface area contributed by atoms with E-state index < -0.39 is 0 Å². The molecule has 23 heavy (non-hydrogen) atoms. The summed E-state index contributed by atoms with van der Waals surface area (Å²) in [5.74, 6) is -0.0444. The number of hydrogen-bond acceptors (Lipinski definition) is 3. The van der Waals surface area contributed by atoms with Crippen LogP contribution in [-0.2, 0) is 4.79 Å². The van der Waals surface area contributed by atoms with Gasteiger partial charge in [-0.1, -0.05) is 65.9 Å². The molecule has 0 N–H and O–H groups in total. The van der Waals surface area contributed by atoms with Crippen LogP contribution in [-0.4, -0.2) is 21.7 Å². The lowest BCUT2D eigenvalue weighted by Crippen LogP contribution is -2.27. The minimum atomic E-state index is -0.0444. The SMILES string of the molecule is C=CCN1C(=O)C(=CC2=CC=C(c3cccc(Cl)c3)C2)SC1=S. The summed E-state index contributed by atoms with van der Waals surface area (Å²) < 4.78 is 0.586. The maximum atomic E-state index is 12.3. The first kappa shape index (κ1) is 16.2. The van der Waals surface area contributed by atoms with Gasteiger partial charge in [0.05, 0.1) is 4.91 Å². The van der Waals surface area contributed by atoms with Gasteiger partial charge in [-0.25, -0.2) is 0 Å². The first-order valence-electron chi connectivity index (χ1n) is 7.10. The van der Waals surface area contributed by atoms with E-state index in [1.807, 2.05) is 36.4 Å². The van der Waals surface area contributed by atoms with Gasteiger partial charge in [0.15, 0.2) is 0 Å². The lowest BCUT2D eigenvalue weighted by Gasteiger charge is -2.10. The normalized spacial score (nSPS) is 19.3. The lowest BCUT2D eigenvalue weighted by molar-refractivity contribution is -0.121. The van der Waals surface area contributed by atoms with Gasteiger partial charge < -0.3 is 0 Å². The zero-order chi connectivity index (χ0) is 16.4. The van der Waals surface area contributed by atoms with Crippen LogP contribution >= 0.6 is 35.6 Å². The molecule has 0 spiro atoms. The number of rotatable bonds is 4. The second-order valence-electron chi connectivity index (χ2n) is 5.20. The molecule has 116 valence electrons.